The molecule has 0 aliphatic heterocycles. The molecule has 0 spiro atoms. The van der Waals surface area contributed by atoms with Gasteiger partial charge in [-0.1, -0.05) is 193 Å². The lowest BCUT2D eigenvalue weighted by molar-refractivity contribution is 0.140. The van der Waals surface area contributed by atoms with Crippen LogP contribution in [0, 0.1) is 72.0 Å². The summed E-state index contributed by atoms with van der Waals surface area (Å²) < 4.78 is 0. The van der Waals surface area contributed by atoms with Crippen molar-refractivity contribution >= 4 is 0 Å². The van der Waals surface area contributed by atoms with Crippen LogP contribution in [0.2, 0.25) is 0 Å². The number of unbranched alkanes of at least 4 members (excludes halogenated alkanes) is 1. The number of hydrogen-bond acceptors (Lipinski definition) is 0. The zero-order valence-corrected chi connectivity index (χ0v) is 40.3. The van der Waals surface area contributed by atoms with Crippen LogP contribution in [-0.4, -0.2) is 0 Å². The fourth-order valence-electron chi connectivity index (χ4n) is 14.3. The zero-order chi connectivity index (χ0) is 41.0. The highest BCUT2D eigenvalue weighted by Crippen LogP contribution is 2.46. The molecule has 0 radical (unpaired) electrons. The molecule has 0 nitrogen and oxygen atoms in total. The Labute approximate surface area is 364 Å². The van der Waals surface area contributed by atoms with Crippen LogP contribution in [0.3, 0.4) is 0 Å². The summed E-state index contributed by atoms with van der Waals surface area (Å²) in [6.07, 6.45) is 51.3. The third-order valence-electron chi connectivity index (χ3n) is 18.4. The van der Waals surface area contributed by atoms with E-state index in [1.165, 1.54) is 134 Å². The summed E-state index contributed by atoms with van der Waals surface area (Å²) in [6.45, 7) is 13.9. The maximum Gasteiger partial charge on any atom is -0.0162 e. The summed E-state index contributed by atoms with van der Waals surface area (Å²) in [7, 11) is 0. The second-order valence-electron chi connectivity index (χ2n) is 22.3. The number of aryl methyl sites for hydroxylation is 1. The van der Waals surface area contributed by atoms with Gasteiger partial charge in [-0.25, -0.2) is 0 Å². The van der Waals surface area contributed by atoms with Gasteiger partial charge < -0.3 is 0 Å². The van der Waals surface area contributed by atoms with Crippen LogP contribution >= 0.6 is 0 Å². The van der Waals surface area contributed by atoms with E-state index < -0.39 is 0 Å². The van der Waals surface area contributed by atoms with Crippen molar-refractivity contribution in [2.75, 3.05) is 0 Å². The first-order valence-corrected chi connectivity index (χ1v) is 27.5. The maximum atomic E-state index is 2.38. The number of rotatable bonds is 14. The molecular weight excluding hydrogens is 697 g/mol. The molecule has 6 fully saturated rings. The molecule has 6 saturated carbocycles. The first-order valence-electron chi connectivity index (χ1n) is 27.5. The van der Waals surface area contributed by atoms with Crippen molar-refractivity contribution in [3.05, 3.63) is 35.4 Å². The standard InChI is InChI=1S/C22H34.C19H36.C17H32/c1-3-4-18-7-11-20(12-8-18)22-15-13-21(14-16-22)19-9-5-17(2)6-10-19;1-3-5-7-17-10-14-19(15-11-17)18-12-8-16(6-4-2)9-13-18;1-3-5-15-8-12-17(13-9-15)16-10-6-14(4-2)7-11-16/h5-6,9-10,18,20-22H,3-4,7-8,11-16H2,1-2H3;16-19H,3-15H2,1-2H3;14-17H,3-13H2,1-2H3. The molecule has 0 heteroatoms. The molecule has 0 N–H and O–H groups in total. The van der Waals surface area contributed by atoms with E-state index in [-0.39, 0.29) is 0 Å². The Balaban J connectivity index is 0.000000167. The largest absolute Gasteiger partial charge is 0.0654 e. The first kappa shape index (κ1) is 48.3. The van der Waals surface area contributed by atoms with Crippen LogP contribution < -0.4 is 0 Å². The van der Waals surface area contributed by atoms with Crippen LogP contribution in [-0.2, 0) is 0 Å². The molecule has 0 aromatic heterocycles. The Bertz CT molecular complexity index is 1110. The van der Waals surface area contributed by atoms with E-state index in [0.717, 1.165) is 71.0 Å². The van der Waals surface area contributed by atoms with Crippen molar-refractivity contribution in [1.29, 1.82) is 0 Å². The fraction of sp³-hybridized carbons (Fsp3) is 0.897. The monoisotopic (exact) mass is 799 g/mol. The van der Waals surface area contributed by atoms with Gasteiger partial charge in [-0.15, -0.1) is 0 Å². The molecule has 7 rings (SSSR count). The van der Waals surface area contributed by atoms with Crippen LogP contribution in [0.4, 0.5) is 0 Å². The van der Waals surface area contributed by atoms with Crippen molar-refractivity contribution in [3.8, 4) is 0 Å². The fourth-order valence-corrected chi connectivity index (χ4v) is 14.3. The van der Waals surface area contributed by atoms with Gasteiger partial charge in [0.15, 0.2) is 0 Å². The Hall–Kier alpha value is -0.780. The van der Waals surface area contributed by atoms with Crippen molar-refractivity contribution in [3.63, 3.8) is 0 Å². The molecule has 1 aromatic rings. The summed E-state index contributed by atoms with van der Waals surface area (Å²) in [5.41, 5.74) is 2.98. The van der Waals surface area contributed by atoms with E-state index in [2.05, 4.69) is 65.8 Å². The Morgan fingerprint density at radius 1 is 0.328 bits per heavy atom. The number of hydrogen-bond donors (Lipinski definition) is 0. The normalized spacial score (nSPS) is 35.8. The Kier molecular flexibility index (Phi) is 22.7. The van der Waals surface area contributed by atoms with E-state index in [0.29, 0.717) is 0 Å². The van der Waals surface area contributed by atoms with Crippen LogP contribution in [0.5, 0.6) is 0 Å². The molecule has 6 aliphatic carbocycles. The highest BCUT2D eigenvalue weighted by Gasteiger charge is 2.33. The molecule has 0 saturated heterocycles. The topological polar surface area (TPSA) is 0 Å². The zero-order valence-electron chi connectivity index (χ0n) is 40.3. The average Bonchev–Trinajstić information content (AvgIpc) is 3.28. The lowest BCUT2D eigenvalue weighted by Crippen LogP contribution is -2.25. The van der Waals surface area contributed by atoms with E-state index in [9.17, 15) is 0 Å². The van der Waals surface area contributed by atoms with Crippen LogP contribution in [0.15, 0.2) is 24.3 Å². The summed E-state index contributed by atoms with van der Waals surface area (Å²) in [5.74, 6) is 12.8. The van der Waals surface area contributed by atoms with Crippen molar-refractivity contribution in [2.24, 2.45) is 65.1 Å². The second kappa shape index (κ2) is 27.3. The molecule has 0 bridgehead atoms. The SMILES string of the molecule is CCCC1CCC(C2CCC(CC)CC2)CC1.CCCC1CCC(C2CCC(c3ccc(C)cc3)CC2)CC1.CCCCC1CCC(C2CCC(CCC)CC2)CC1. The molecule has 0 atom stereocenters. The van der Waals surface area contributed by atoms with Gasteiger partial charge in [0, 0.05) is 0 Å². The summed E-state index contributed by atoms with van der Waals surface area (Å²) in [6, 6.07) is 9.32. The van der Waals surface area contributed by atoms with Gasteiger partial charge in [-0.05, 0) is 173 Å². The predicted molar refractivity (Wildman–Crippen MR) is 258 cm³/mol. The van der Waals surface area contributed by atoms with Gasteiger partial charge in [0.05, 0.1) is 0 Å². The minimum absolute atomic E-state index is 0.841. The maximum absolute atomic E-state index is 2.38. The smallest absolute Gasteiger partial charge is 0.0162 e. The molecule has 58 heavy (non-hydrogen) atoms. The Morgan fingerprint density at radius 3 is 0.914 bits per heavy atom. The van der Waals surface area contributed by atoms with Crippen molar-refractivity contribution < 1.29 is 0 Å². The highest BCUT2D eigenvalue weighted by atomic mass is 14.4. The lowest BCUT2D eigenvalue weighted by Gasteiger charge is -2.38. The van der Waals surface area contributed by atoms with E-state index in [1.54, 1.807) is 95.5 Å². The summed E-state index contributed by atoms with van der Waals surface area (Å²) in [5, 5.41) is 0. The molecule has 0 amide bonds. The molecular formula is C58H102. The minimum Gasteiger partial charge on any atom is -0.0654 e. The first-order chi connectivity index (χ1) is 28.4. The minimum atomic E-state index is 0.841. The lowest BCUT2D eigenvalue weighted by atomic mass is 9.68. The highest BCUT2D eigenvalue weighted by molar-refractivity contribution is 5.24. The average molecular weight is 799 g/mol. The third-order valence-corrected chi connectivity index (χ3v) is 18.4. The summed E-state index contributed by atoms with van der Waals surface area (Å²) in [4.78, 5) is 0. The third kappa shape index (κ3) is 16.2. The van der Waals surface area contributed by atoms with Crippen LogP contribution in [0.25, 0.3) is 0 Å². The molecule has 6 aliphatic rings. The molecule has 0 heterocycles. The van der Waals surface area contributed by atoms with E-state index in [1.807, 2.05) is 0 Å². The van der Waals surface area contributed by atoms with Gasteiger partial charge in [0.1, 0.15) is 0 Å². The Morgan fingerprint density at radius 2 is 0.621 bits per heavy atom. The quantitative estimate of drug-likeness (QED) is 0.176. The van der Waals surface area contributed by atoms with Gasteiger partial charge >= 0.3 is 0 Å². The molecule has 0 unspecified atom stereocenters. The second-order valence-corrected chi connectivity index (χ2v) is 22.3. The van der Waals surface area contributed by atoms with Gasteiger partial charge in [-0.3, -0.25) is 0 Å². The predicted octanol–water partition coefficient (Wildman–Crippen LogP) is 19.3. The molecule has 1 aromatic carbocycles. The van der Waals surface area contributed by atoms with Gasteiger partial charge in [0.25, 0.3) is 0 Å². The number of benzene rings is 1. The molecule has 334 valence electrons. The van der Waals surface area contributed by atoms with Crippen LogP contribution in [0.1, 0.15) is 270 Å². The van der Waals surface area contributed by atoms with Gasteiger partial charge in [0.2, 0.25) is 0 Å². The van der Waals surface area contributed by atoms with Crippen molar-refractivity contribution in [1.82, 2.24) is 0 Å². The van der Waals surface area contributed by atoms with Gasteiger partial charge in [-0.2, -0.15) is 0 Å². The van der Waals surface area contributed by atoms with E-state index in [4.69, 9.17) is 0 Å². The van der Waals surface area contributed by atoms with Crippen molar-refractivity contribution in [2.45, 2.75) is 266 Å². The van der Waals surface area contributed by atoms with E-state index >= 15 is 0 Å². The summed E-state index contributed by atoms with van der Waals surface area (Å²) >= 11 is 0.